The summed E-state index contributed by atoms with van der Waals surface area (Å²) in [6, 6.07) is 6.32. The molecule has 1 fully saturated rings. The number of nitro benzene ring substituents is 1. The maximum Gasteiger partial charge on any atom is 0.269 e. The van der Waals surface area contributed by atoms with Crippen LogP contribution in [0.5, 0.6) is 0 Å². The summed E-state index contributed by atoms with van der Waals surface area (Å²) in [4.78, 5) is 25.0. The number of benzene rings is 1. The van der Waals surface area contributed by atoms with Crippen molar-refractivity contribution in [2.24, 2.45) is 5.73 Å². The van der Waals surface area contributed by atoms with E-state index in [1.54, 1.807) is 17.0 Å². The number of halogens is 1. The summed E-state index contributed by atoms with van der Waals surface area (Å²) < 4.78 is 0. The first-order chi connectivity index (χ1) is 9.47. The van der Waals surface area contributed by atoms with Crippen molar-refractivity contribution >= 4 is 35.8 Å². The van der Waals surface area contributed by atoms with Crippen LogP contribution in [0.1, 0.15) is 13.3 Å². The molecule has 1 heterocycles. The molecule has 1 amide bonds. The van der Waals surface area contributed by atoms with Crippen molar-refractivity contribution in [3.05, 3.63) is 34.4 Å². The SMILES string of the molecule is CC(Sc1ccc([N+](=O)[O-])cc1)C(=O)N1CC[C@@H](N)C1.Cl. The number of nitro groups is 1. The minimum atomic E-state index is -0.436. The lowest BCUT2D eigenvalue weighted by molar-refractivity contribution is -0.384. The highest BCUT2D eigenvalue weighted by molar-refractivity contribution is 8.00. The summed E-state index contributed by atoms with van der Waals surface area (Å²) >= 11 is 1.41. The molecule has 1 aromatic carbocycles. The molecule has 1 aromatic rings. The molecule has 2 rings (SSSR count). The second kappa shape index (κ2) is 7.63. The fourth-order valence-electron chi connectivity index (χ4n) is 2.15. The highest BCUT2D eigenvalue weighted by atomic mass is 35.5. The fourth-order valence-corrected chi connectivity index (χ4v) is 3.10. The van der Waals surface area contributed by atoms with Gasteiger partial charge in [-0.05, 0) is 25.5 Å². The summed E-state index contributed by atoms with van der Waals surface area (Å²) in [6.45, 7) is 3.17. The monoisotopic (exact) mass is 331 g/mol. The summed E-state index contributed by atoms with van der Waals surface area (Å²) in [6.07, 6.45) is 0.848. The number of likely N-dealkylation sites (tertiary alicyclic amines) is 1. The Morgan fingerprint density at radius 3 is 2.57 bits per heavy atom. The van der Waals surface area contributed by atoms with Crippen LogP contribution in [0.15, 0.2) is 29.2 Å². The van der Waals surface area contributed by atoms with Crippen LogP contribution in [0.4, 0.5) is 5.69 Å². The Morgan fingerprint density at radius 1 is 1.48 bits per heavy atom. The van der Waals surface area contributed by atoms with Gasteiger partial charge in [-0.15, -0.1) is 24.2 Å². The molecule has 1 saturated heterocycles. The van der Waals surface area contributed by atoms with E-state index in [0.29, 0.717) is 13.1 Å². The molecule has 21 heavy (non-hydrogen) atoms. The van der Waals surface area contributed by atoms with E-state index in [9.17, 15) is 14.9 Å². The number of hydrogen-bond acceptors (Lipinski definition) is 5. The molecule has 2 atom stereocenters. The quantitative estimate of drug-likeness (QED) is 0.518. The summed E-state index contributed by atoms with van der Waals surface area (Å²) in [7, 11) is 0. The van der Waals surface area contributed by atoms with Gasteiger partial charge in [0.2, 0.25) is 5.91 Å². The van der Waals surface area contributed by atoms with Crippen LogP contribution in [-0.2, 0) is 4.79 Å². The molecule has 0 spiro atoms. The lowest BCUT2D eigenvalue weighted by atomic mass is 10.3. The Morgan fingerprint density at radius 2 is 2.10 bits per heavy atom. The zero-order valence-corrected chi connectivity index (χ0v) is 13.2. The number of non-ortho nitro benzene ring substituents is 1. The highest BCUT2D eigenvalue weighted by Gasteiger charge is 2.27. The van der Waals surface area contributed by atoms with E-state index >= 15 is 0 Å². The third-order valence-electron chi connectivity index (χ3n) is 3.24. The average Bonchev–Trinajstić information content (AvgIpc) is 2.85. The first-order valence-corrected chi connectivity index (χ1v) is 7.31. The number of hydrogen-bond donors (Lipinski definition) is 1. The lowest BCUT2D eigenvalue weighted by Gasteiger charge is -2.20. The van der Waals surface area contributed by atoms with Gasteiger partial charge in [-0.1, -0.05) is 0 Å². The number of carbonyl (C=O) groups excluding carboxylic acids is 1. The molecule has 2 N–H and O–H groups in total. The predicted octanol–water partition coefficient (Wildman–Crippen LogP) is 2.06. The van der Waals surface area contributed by atoms with E-state index in [1.807, 2.05) is 6.92 Å². The second-order valence-corrected chi connectivity index (χ2v) is 6.26. The smallest absolute Gasteiger partial charge is 0.269 e. The molecule has 1 aliphatic heterocycles. The molecule has 0 radical (unpaired) electrons. The van der Waals surface area contributed by atoms with Gasteiger partial charge in [-0.2, -0.15) is 0 Å². The van der Waals surface area contributed by atoms with E-state index in [4.69, 9.17) is 5.73 Å². The normalized spacial score (nSPS) is 19.0. The van der Waals surface area contributed by atoms with Crippen LogP contribution in [0.2, 0.25) is 0 Å². The van der Waals surface area contributed by atoms with Crippen LogP contribution in [0.25, 0.3) is 0 Å². The minimum absolute atomic E-state index is 0. The number of thioether (sulfide) groups is 1. The van der Waals surface area contributed by atoms with Crippen molar-refractivity contribution in [2.75, 3.05) is 13.1 Å². The molecule has 1 aliphatic rings. The van der Waals surface area contributed by atoms with Crippen molar-refractivity contribution in [2.45, 2.75) is 29.5 Å². The standard InChI is InChI=1S/C13H17N3O3S.ClH/c1-9(13(17)15-7-6-10(14)8-15)20-12-4-2-11(3-5-12)16(18)19;/h2-5,9-10H,6-8,14H2,1H3;1H/t9?,10-;/m1./s1. The molecule has 0 bridgehead atoms. The van der Waals surface area contributed by atoms with Crippen molar-refractivity contribution in [3.8, 4) is 0 Å². The number of rotatable bonds is 4. The molecule has 1 unspecified atom stereocenters. The van der Waals surface area contributed by atoms with Crippen LogP contribution in [0.3, 0.4) is 0 Å². The Labute approximate surface area is 133 Å². The predicted molar refractivity (Wildman–Crippen MR) is 84.8 cm³/mol. The van der Waals surface area contributed by atoms with Gasteiger partial charge in [0.1, 0.15) is 0 Å². The van der Waals surface area contributed by atoms with Crippen molar-refractivity contribution in [1.82, 2.24) is 4.90 Å². The van der Waals surface area contributed by atoms with Crippen molar-refractivity contribution in [1.29, 1.82) is 0 Å². The minimum Gasteiger partial charge on any atom is -0.340 e. The fraction of sp³-hybridized carbons (Fsp3) is 0.462. The van der Waals surface area contributed by atoms with Crippen LogP contribution >= 0.6 is 24.2 Å². The van der Waals surface area contributed by atoms with Gasteiger partial charge in [-0.3, -0.25) is 14.9 Å². The van der Waals surface area contributed by atoms with Crippen molar-refractivity contribution in [3.63, 3.8) is 0 Å². The lowest BCUT2D eigenvalue weighted by Crippen LogP contribution is -2.36. The number of amides is 1. The second-order valence-electron chi connectivity index (χ2n) is 4.84. The maximum atomic E-state index is 12.2. The molecule has 8 heteroatoms. The summed E-state index contributed by atoms with van der Waals surface area (Å²) in [5, 5.41) is 10.4. The average molecular weight is 332 g/mol. The number of nitrogens with two attached hydrogens (primary N) is 1. The van der Waals surface area contributed by atoms with Gasteiger partial charge in [-0.25, -0.2) is 0 Å². The Bertz CT molecular complexity index is 512. The Hall–Kier alpha value is -1.31. The first kappa shape index (κ1) is 17.7. The van der Waals surface area contributed by atoms with Crippen LogP contribution in [0, 0.1) is 10.1 Å². The zero-order chi connectivity index (χ0) is 14.7. The number of nitrogens with zero attached hydrogens (tertiary/aromatic N) is 2. The van der Waals surface area contributed by atoms with Gasteiger partial charge in [0.05, 0.1) is 10.2 Å². The highest BCUT2D eigenvalue weighted by Crippen LogP contribution is 2.27. The van der Waals surface area contributed by atoms with Gasteiger partial charge in [0.15, 0.2) is 0 Å². The van der Waals surface area contributed by atoms with Gasteiger partial charge >= 0.3 is 0 Å². The van der Waals surface area contributed by atoms with E-state index in [2.05, 4.69) is 0 Å². The van der Waals surface area contributed by atoms with Gasteiger partial charge in [0.25, 0.3) is 5.69 Å². The molecule has 0 saturated carbocycles. The summed E-state index contributed by atoms with van der Waals surface area (Å²) in [5.74, 6) is 0.0707. The Kier molecular flexibility index (Phi) is 6.44. The van der Waals surface area contributed by atoms with Gasteiger partial charge in [0, 0.05) is 36.2 Å². The van der Waals surface area contributed by atoms with Crippen molar-refractivity contribution < 1.29 is 9.72 Å². The largest absolute Gasteiger partial charge is 0.340 e. The topological polar surface area (TPSA) is 89.5 Å². The molecule has 116 valence electrons. The molecular formula is C13H18ClN3O3S. The van der Waals surface area contributed by atoms with E-state index in [-0.39, 0.29) is 35.3 Å². The van der Waals surface area contributed by atoms with E-state index in [1.165, 1.54) is 23.9 Å². The van der Waals surface area contributed by atoms with Gasteiger partial charge < -0.3 is 10.6 Å². The van der Waals surface area contributed by atoms with E-state index < -0.39 is 4.92 Å². The molecule has 0 aromatic heterocycles. The van der Waals surface area contributed by atoms with Crippen LogP contribution in [-0.4, -0.2) is 40.1 Å². The zero-order valence-electron chi connectivity index (χ0n) is 11.6. The number of carbonyl (C=O) groups is 1. The molecule has 6 nitrogen and oxygen atoms in total. The van der Waals surface area contributed by atoms with Crippen LogP contribution < -0.4 is 5.73 Å². The van der Waals surface area contributed by atoms with E-state index in [0.717, 1.165) is 11.3 Å². The maximum absolute atomic E-state index is 12.2. The first-order valence-electron chi connectivity index (χ1n) is 6.43. The molecular weight excluding hydrogens is 314 g/mol. The third kappa shape index (κ3) is 4.59. The molecule has 0 aliphatic carbocycles. The summed E-state index contributed by atoms with van der Waals surface area (Å²) in [5.41, 5.74) is 5.85. The third-order valence-corrected chi connectivity index (χ3v) is 4.34. The Balaban J connectivity index is 0.00000220.